The number of hydrogen-bond acceptors (Lipinski definition) is 2. The van der Waals surface area contributed by atoms with E-state index in [1.165, 1.54) is 55.5 Å². The maximum Gasteiger partial charge on any atom is 0.336 e. The lowest BCUT2D eigenvalue weighted by Gasteiger charge is -2.29. The minimum atomic E-state index is -0.209. The monoisotopic (exact) mass is 374 g/mol. The van der Waals surface area contributed by atoms with E-state index in [4.69, 9.17) is 4.42 Å². The minimum Gasteiger partial charge on any atom is -0.423 e. The summed E-state index contributed by atoms with van der Waals surface area (Å²) in [7, 11) is 0. The predicted octanol–water partition coefficient (Wildman–Crippen LogP) is 3.32. The van der Waals surface area contributed by atoms with Gasteiger partial charge in [0.2, 0.25) is 0 Å². The highest BCUT2D eigenvalue weighted by Gasteiger charge is 2.24. The van der Waals surface area contributed by atoms with Crippen molar-refractivity contribution in [2.24, 2.45) is 5.92 Å². The van der Waals surface area contributed by atoms with Crippen LogP contribution in [-0.4, -0.2) is 13.1 Å². The number of benzene rings is 2. The van der Waals surface area contributed by atoms with Crippen LogP contribution in [0, 0.1) is 5.92 Å². The van der Waals surface area contributed by atoms with E-state index in [2.05, 4.69) is 42.5 Å². The molecule has 2 aliphatic rings. The van der Waals surface area contributed by atoms with Gasteiger partial charge in [0, 0.05) is 17.0 Å². The number of fused-ring (bicyclic) bond motifs is 2. The third-order valence-corrected chi connectivity index (χ3v) is 6.66. The van der Waals surface area contributed by atoms with Crippen molar-refractivity contribution in [2.75, 3.05) is 13.1 Å². The second-order valence-corrected chi connectivity index (χ2v) is 8.62. The summed E-state index contributed by atoms with van der Waals surface area (Å²) in [6.45, 7) is 3.30. The van der Waals surface area contributed by atoms with Crippen LogP contribution in [0.3, 0.4) is 0 Å². The molecule has 1 aliphatic heterocycles. The first-order valence-electron chi connectivity index (χ1n) is 10.7. The van der Waals surface area contributed by atoms with E-state index in [1.54, 1.807) is 11.0 Å². The zero-order valence-electron chi connectivity index (χ0n) is 16.4. The zero-order chi connectivity index (χ0) is 18.9. The molecular weight excluding hydrogens is 346 g/mol. The summed E-state index contributed by atoms with van der Waals surface area (Å²) in [4.78, 5) is 13.7. The Balaban J connectivity index is 1.30. The average molecular weight is 375 g/mol. The summed E-state index contributed by atoms with van der Waals surface area (Å²) in [5.41, 5.74) is 6.00. The van der Waals surface area contributed by atoms with Gasteiger partial charge in [0.25, 0.3) is 0 Å². The molecule has 0 saturated carbocycles. The van der Waals surface area contributed by atoms with Crippen molar-refractivity contribution >= 4 is 11.0 Å². The molecule has 0 unspecified atom stereocenters. The van der Waals surface area contributed by atoms with E-state index >= 15 is 0 Å². The van der Waals surface area contributed by atoms with E-state index in [0.29, 0.717) is 0 Å². The molecule has 0 radical (unpaired) electrons. The molecule has 0 amide bonds. The summed E-state index contributed by atoms with van der Waals surface area (Å²) < 4.78 is 5.54. The lowest BCUT2D eigenvalue weighted by Crippen LogP contribution is -3.11. The fraction of sp³-hybridized carbons (Fsp3) is 0.400. The Morgan fingerprint density at radius 3 is 2.50 bits per heavy atom. The third-order valence-electron chi connectivity index (χ3n) is 6.66. The van der Waals surface area contributed by atoms with Gasteiger partial charge in [-0.05, 0) is 73.3 Å². The number of quaternary nitrogens is 1. The van der Waals surface area contributed by atoms with Crippen molar-refractivity contribution in [2.45, 2.75) is 45.1 Å². The number of piperidine rings is 1. The Bertz CT molecular complexity index is 1030. The molecule has 28 heavy (non-hydrogen) atoms. The van der Waals surface area contributed by atoms with Gasteiger partial charge in [-0.25, -0.2) is 4.79 Å². The first-order valence-corrected chi connectivity index (χ1v) is 10.7. The highest BCUT2D eigenvalue weighted by molar-refractivity contribution is 5.82. The Labute approximate surface area is 166 Å². The Kier molecular flexibility index (Phi) is 4.77. The second-order valence-electron chi connectivity index (χ2n) is 8.62. The normalized spacial score (nSPS) is 21.7. The molecular formula is C25H28NO2+. The molecule has 2 aromatic carbocycles. The second kappa shape index (κ2) is 7.56. The van der Waals surface area contributed by atoms with Gasteiger partial charge in [-0.3, -0.25) is 0 Å². The van der Waals surface area contributed by atoms with Crippen molar-refractivity contribution in [3.63, 3.8) is 0 Å². The van der Waals surface area contributed by atoms with Crippen LogP contribution < -0.4 is 10.5 Å². The van der Waals surface area contributed by atoms with Gasteiger partial charge in [-0.1, -0.05) is 30.3 Å². The van der Waals surface area contributed by atoms with Crippen molar-refractivity contribution in [1.82, 2.24) is 0 Å². The standard InChI is InChI=1S/C25H27NO2/c27-25-16-22(23-14-20-7-4-8-21(20)15-24(23)28-25)17-26-11-9-19(10-12-26)13-18-5-2-1-3-6-18/h1-3,5-6,14-16,19H,4,7-13,17H2/p+1. The lowest BCUT2D eigenvalue weighted by molar-refractivity contribution is -0.919. The van der Waals surface area contributed by atoms with Gasteiger partial charge in [-0.15, -0.1) is 0 Å². The third kappa shape index (κ3) is 3.64. The first-order chi connectivity index (χ1) is 13.7. The van der Waals surface area contributed by atoms with Crippen LogP contribution >= 0.6 is 0 Å². The molecule has 0 atom stereocenters. The molecule has 2 heterocycles. The summed E-state index contributed by atoms with van der Waals surface area (Å²) in [6.07, 6.45) is 7.20. The molecule has 3 heteroatoms. The van der Waals surface area contributed by atoms with Crippen molar-refractivity contribution < 1.29 is 9.32 Å². The van der Waals surface area contributed by atoms with Gasteiger partial charge in [0.05, 0.1) is 13.1 Å². The fourth-order valence-corrected chi connectivity index (χ4v) is 5.12. The van der Waals surface area contributed by atoms with E-state index in [-0.39, 0.29) is 5.63 Å². The van der Waals surface area contributed by atoms with E-state index in [9.17, 15) is 4.79 Å². The lowest BCUT2D eigenvalue weighted by atomic mass is 9.90. The Hall–Kier alpha value is -2.39. The quantitative estimate of drug-likeness (QED) is 0.711. The summed E-state index contributed by atoms with van der Waals surface area (Å²) >= 11 is 0. The SMILES string of the molecule is O=c1cc(C[NH+]2CCC(Cc3ccccc3)CC2)c2cc3c(cc2o1)CCC3. The first kappa shape index (κ1) is 17.7. The maximum absolute atomic E-state index is 12.1. The van der Waals surface area contributed by atoms with Gasteiger partial charge in [-0.2, -0.15) is 0 Å². The largest absolute Gasteiger partial charge is 0.423 e. The van der Waals surface area contributed by atoms with Crippen molar-refractivity contribution in [3.8, 4) is 0 Å². The van der Waals surface area contributed by atoms with Crippen molar-refractivity contribution in [3.05, 3.63) is 81.2 Å². The molecule has 3 aromatic rings. The molecule has 1 aromatic heterocycles. The number of hydrogen-bond donors (Lipinski definition) is 1. The van der Waals surface area contributed by atoms with Crippen molar-refractivity contribution in [1.29, 1.82) is 0 Å². The van der Waals surface area contributed by atoms with Gasteiger partial charge in [0.1, 0.15) is 12.1 Å². The number of aryl methyl sites for hydroxylation is 2. The van der Waals surface area contributed by atoms with E-state index in [0.717, 1.165) is 41.8 Å². The van der Waals surface area contributed by atoms with Crippen LogP contribution in [-0.2, 0) is 25.8 Å². The zero-order valence-corrected chi connectivity index (χ0v) is 16.4. The highest BCUT2D eigenvalue weighted by atomic mass is 16.4. The van der Waals surface area contributed by atoms with Crippen LogP contribution in [0.25, 0.3) is 11.0 Å². The van der Waals surface area contributed by atoms with Crippen LogP contribution in [0.4, 0.5) is 0 Å². The molecule has 1 fully saturated rings. The Morgan fingerprint density at radius 2 is 1.71 bits per heavy atom. The minimum absolute atomic E-state index is 0.209. The van der Waals surface area contributed by atoms with Crippen LogP contribution in [0.2, 0.25) is 0 Å². The summed E-state index contributed by atoms with van der Waals surface area (Å²) in [5.74, 6) is 0.784. The van der Waals surface area contributed by atoms with Crippen LogP contribution in [0.5, 0.6) is 0 Å². The van der Waals surface area contributed by atoms with Gasteiger partial charge in [0.15, 0.2) is 0 Å². The molecule has 0 bridgehead atoms. The average Bonchev–Trinajstić information content (AvgIpc) is 3.16. The predicted molar refractivity (Wildman–Crippen MR) is 112 cm³/mol. The molecule has 1 saturated heterocycles. The molecule has 1 N–H and O–H groups in total. The molecule has 3 nitrogen and oxygen atoms in total. The van der Waals surface area contributed by atoms with Gasteiger partial charge < -0.3 is 9.32 Å². The smallest absolute Gasteiger partial charge is 0.336 e. The van der Waals surface area contributed by atoms with Crippen LogP contribution in [0.1, 0.15) is 41.5 Å². The topological polar surface area (TPSA) is 34.7 Å². The molecule has 5 rings (SSSR count). The molecule has 0 spiro atoms. The van der Waals surface area contributed by atoms with Gasteiger partial charge >= 0.3 is 5.63 Å². The van der Waals surface area contributed by atoms with E-state index < -0.39 is 0 Å². The fourth-order valence-electron chi connectivity index (χ4n) is 5.12. The molecule has 1 aliphatic carbocycles. The summed E-state index contributed by atoms with van der Waals surface area (Å²) in [5, 5.41) is 1.15. The molecule has 144 valence electrons. The highest BCUT2D eigenvalue weighted by Crippen LogP contribution is 2.28. The van der Waals surface area contributed by atoms with Crippen LogP contribution in [0.15, 0.2) is 57.7 Å². The number of nitrogens with one attached hydrogen (secondary N) is 1. The number of likely N-dealkylation sites (tertiary alicyclic amines) is 1. The summed E-state index contributed by atoms with van der Waals surface area (Å²) in [6, 6.07) is 17.0. The van der Waals surface area contributed by atoms with E-state index in [1.807, 2.05) is 0 Å². The Morgan fingerprint density at radius 1 is 0.964 bits per heavy atom. The number of rotatable bonds is 4. The maximum atomic E-state index is 12.1.